The van der Waals surface area contributed by atoms with E-state index in [1.807, 2.05) is 6.07 Å². The van der Waals surface area contributed by atoms with E-state index in [0.717, 1.165) is 25.7 Å². The van der Waals surface area contributed by atoms with Crippen LogP contribution in [0.4, 0.5) is 0 Å². The van der Waals surface area contributed by atoms with Crippen LogP contribution >= 0.6 is 11.8 Å². The number of thioether (sulfide) groups is 1. The molecule has 0 aliphatic heterocycles. The fourth-order valence-corrected chi connectivity index (χ4v) is 3.38. The van der Waals surface area contributed by atoms with E-state index in [1.54, 1.807) is 7.05 Å². The molecule has 0 unspecified atom stereocenters. The normalized spacial score (nSPS) is 19.5. The molecular formula is C15H18N8O2S. The average molecular weight is 374 g/mol. The molecule has 1 fully saturated rings. The maximum absolute atomic E-state index is 12.1. The Morgan fingerprint density at radius 3 is 2.85 bits per heavy atom. The lowest BCUT2D eigenvalue weighted by Crippen LogP contribution is -2.40. The minimum absolute atomic E-state index is 0.0222. The van der Waals surface area contributed by atoms with Gasteiger partial charge in [-0.2, -0.15) is 5.26 Å². The summed E-state index contributed by atoms with van der Waals surface area (Å²) in [7, 11) is 1.73. The third kappa shape index (κ3) is 4.66. The number of aryl methyl sites for hydroxylation is 1. The highest BCUT2D eigenvalue weighted by Gasteiger charge is 2.25. The zero-order chi connectivity index (χ0) is 18.4. The average Bonchev–Trinajstić information content (AvgIpc) is 3.07. The second-order valence-electron chi connectivity index (χ2n) is 5.85. The first kappa shape index (κ1) is 18.1. The van der Waals surface area contributed by atoms with Crippen LogP contribution in [0.15, 0.2) is 17.6 Å². The lowest BCUT2D eigenvalue weighted by Gasteiger charge is -2.29. The van der Waals surface area contributed by atoms with Crippen molar-refractivity contribution < 1.29 is 9.53 Å². The van der Waals surface area contributed by atoms with Gasteiger partial charge in [0.25, 0.3) is 5.88 Å². The Balaban J connectivity index is 1.41. The Kier molecular flexibility index (Phi) is 5.96. The van der Waals surface area contributed by atoms with Crippen LogP contribution in [0.25, 0.3) is 0 Å². The number of rotatable bonds is 6. The lowest BCUT2D eigenvalue weighted by atomic mass is 9.93. The van der Waals surface area contributed by atoms with E-state index in [9.17, 15) is 4.79 Å². The molecule has 10 nitrogen and oxygen atoms in total. The van der Waals surface area contributed by atoms with E-state index in [4.69, 9.17) is 10.00 Å². The maximum Gasteiger partial charge on any atom is 0.251 e. The van der Waals surface area contributed by atoms with Crippen molar-refractivity contribution in [3.05, 3.63) is 18.1 Å². The molecule has 1 amide bonds. The molecule has 26 heavy (non-hydrogen) atoms. The monoisotopic (exact) mass is 374 g/mol. The fourth-order valence-electron chi connectivity index (χ4n) is 2.71. The molecule has 3 rings (SSSR count). The van der Waals surface area contributed by atoms with E-state index < -0.39 is 0 Å². The Bertz CT molecular complexity index is 797. The highest BCUT2D eigenvalue weighted by molar-refractivity contribution is 7.99. The van der Waals surface area contributed by atoms with Crippen LogP contribution in [-0.2, 0) is 11.8 Å². The van der Waals surface area contributed by atoms with Gasteiger partial charge in [-0.05, 0) is 36.1 Å². The Labute approximate surface area is 154 Å². The molecular weight excluding hydrogens is 356 g/mol. The van der Waals surface area contributed by atoms with E-state index in [2.05, 4.69) is 30.8 Å². The number of carbonyl (C=O) groups is 1. The zero-order valence-electron chi connectivity index (χ0n) is 14.2. The number of amides is 1. The van der Waals surface area contributed by atoms with Crippen molar-refractivity contribution in [2.24, 2.45) is 7.05 Å². The molecule has 0 saturated heterocycles. The minimum atomic E-state index is -0.0388. The van der Waals surface area contributed by atoms with E-state index in [1.165, 1.54) is 28.8 Å². The van der Waals surface area contributed by atoms with Crippen LogP contribution in [-0.4, -0.2) is 54.0 Å². The molecule has 136 valence electrons. The Morgan fingerprint density at radius 1 is 1.38 bits per heavy atom. The number of hydrogen-bond donors (Lipinski definition) is 1. The number of nitrogens with one attached hydrogen (secondary N) is 1. The molecule has 11 heteroatoms. The van der Waals surface area contributed by atoms with E-state index in [0.29, 0.717) is 5.16 Å². The lowest BCUT2D eigenvalue weighted by molar-refractivity contribution is -0.119. The van der Waals surface area contributed by atoms with Crippen LogP contribution in [0.5, 0.6) is 5.88 Å². The molecule has 0 atom stereocenters. The summed E-state index contributed by atoms with van der Waals surface area (Å²) in [5, 5.41) is 23.8. The van der Waals surface area contributed by atoms with Crippen molar-refractivity contribution in [1.29, 1.82) is 5.26 Å². The van der Waals surface area contributed by atoms with Gasteiger partial charge in [0.15, 0.2) is 0 Å². The number of nitriles is 1. The van der Waals surface area contributed by atoms with Gasteiger partial charge in [-0.3, -0.25) is 4.79 Å². The van der Waals surface area contributed by atoms with E-state index in [-0.39, 0.29) is 35.4 Å². The predicted molar refractivity (Wildman–Crippen MR) is 91.1 cm³/mol. The van der Waals surface area contributed by atoms with Gasteiger partial charge in [-0.25, -0.2) is 14.6 Å². The summed E-state index contributed by atoms with van der Waals surface area (Å²) in [6.07, 6.45) is 6.15. The molecule has 0 aromatic carbocycles. The van der Waals surface area contributed by atoms with Crippen molar-refractivity contribution in [1.82, 2.24) is 35.5 Å². The van der Waals surface area contributed by atoms with Crippen molar-refractivity contribution in [3.63, 3.8) is 0 Å². The molecule has 1 aliphatic rings. The highest BCUT2D eigenvalue weighted by atomic mass is 32.2. The van der Waals surface area contributed by atoms with Gasteiger partial charge in [-0.15, -0.1) is 5.10 Å². The summed E-state index contributed by atoms with van der Waals surface area (Å²) in [4.78, 5) is 20.1. The standard InChI is InChI=1S/C15H18N8O2S/c1-23-15(20-21-22-23)26-9-13(24)19-10-2-4-11(5-3-10)25-14-12(8-16)17-6-7-18-14/h6-7,10-11H,2-5,9H2,1H3,(H,19,24). The minimum Gasteiger partial charge on any atom is -0.472 e. The van der Waals surface area contributed by atoms with Crippen molar-refractivity contribution in [2.45, 2.75) is 43.0 Å². The molecule has 0 bridgehead atoms. The summed E-state index contributed by atoms with van der Waals surface area (Å²) in [6.45, 7) is 0. The SMILES string of the molecule is Cn1nnnc1SCC(=O)NC1CCC(Oc2nccnc2C#N)CC1. The van der Waals surface area contributed by atoms with Gasteiger partial charge in [0.05, 0.1) is 5.75 Å². The van der Waals surface area contributed by atoms with E-state index >= 15 is 0 Å². The van der Waals surface area contributed by atoms with Crippen LogP contribution < -0.4 is 10.1 Å². The van der Waals surface area contributed by atoms with Crippen molar-refractivity contribution >= 4 is 17.7 Å². The first-order valence-electron chi connectivity index (χ1n) is 8.18. The quantitative estimate of drug-likeness (QED) is 0.716. The third-order valence-corrected chi connectivity index (χ3v) is 5.01. The zero-order valence-corrected chi connectivity index (χ0v) is 15.0. The topological polar surface area (TPSA) is 132 Å². The summed E-state index contributed by atoms with van der Waals surface area (Å²) >= 11 is 1.30. The molecule has 1 N–H and O–H groups in total. The highest BCUT2D eigenvalue weighted by Crippen LogP contribution is 2.24. The smallest absolute Gasteiger partial charge is 0.251 e. The number of aromatic nitrogens is 6. The van der Waals surface area contributed by atoms with Gasteiger partial charge >= 0.3 is 0 Å². The number of carbonyl (C=O) groups excluding carboxylic acids is 1. The number of nitrogens with zero attached hydrogens (tertiary/aromatic N) is 7. The summed E-state index contributed by atoms with van der Waals surface area (Å²) in [6, 6.07) is 2.10. The Hall–Kier alpha value is -2.74. The Morgan fingerprint density at radius 2 is 2.15 bits per heavy atom. The maximum atomic E-state index is 12.1. The number of ether oxygens (including phenoxy) is 1. The molecule has 0 radical (unpaired) electrons. The molecule has 2 aromatic rings. The molecule has 1 aliphatic carbocycles. The van der Waals surface area contributed by atoms with Crippen LogP contribution in [0, 0.1) is 11.3 Å². The molecule has 2 aromatic heterocycles. The molecule has 2 heterocycles. The summed E-state index contributed by atoms with van der Waals surface area (Å²) in [5.74, 6) is 0.509. The van der Waals surface area contributed by atoms with Crippen molar-refractivity contribution in [2.75, 3.05) is 5.75 Å². The summed E-state index contributed by atoms with van der Waals surface area (Å²) in [5.41, 5.74) is 0.193. The third-order valence-electron chi connectivity index (χ3n) is 4.00. The first-order valence-corrected chi connectivity index (χ1v) is 9.16. The van der Waals surface area contributed by atoms with Gasteiger partial charge in [-0.1, -0.05) is 11.8 Å². The second kappa shape index (κ2) is 8.57. The van der Waals surface area contributed by atoms with Crippen LogP contribution in [0.3, 0.4) is 0 Å². The van der Waals surface area contributed by atoms with Gasteiger partial charge in [0.1, 0.15) is 12.2 Å². The van der Waals surface area contributed by atoms with Crippen LogP contribution in [0.1, 0.15) is 31.4 Å². The second-order valence-corrected chi connectivity index (χ2v) is 6.80. The molecule has 0 spiro atoms. The number of hydrogen-bond acceptors (Lipinski definition) is 9. The number of tetrazole rings is 1. The first-order chi connectivity index (χ1) is 12.7. The predicted octanol–water partition coefficient (Wildman–Crippen LogP) is 0.470. The van der Waals surface area contributed by atoms with Gasteiger partial charge < -0.3 is 10.1 Å². The van der Waals surface area contributed by atoms with Gasteiger partial charge in [0, 0.05) is 25.5 Å². The van der Waals surface area contributed by atoms with Crippen molar-refractivity contribution in [3.8, 4) is 11.9 Å². The van der Waals surface area contributed by atoms with Gasteiger partial charge in [0.2, 0.25) is 16.8 Å². The van der Waals surface area contributed by atoms with Crippen LogP contribution in [0.2, 0.25) is 0 Å². The molecule has 1 saturated carbocycles. The fraction of sp³-hybridized carbons (Fsp3) is 0.533. The summed E-state index contributed by atoms with van der Waals surface area (Å²) < 4.78 is 7.33. The largest absolute Gasteiger partial charge is 0.472 e.